The number of unbranched alkanes of at least 4 members (excludes halogenated alkanes) is 1. The van der Waals surface area contributed by atoms with Crippen molar-refractivity contribution in [3.05, 3.63) is 34.5 Å². The smallest absolute Gasteiger partial charge is 0.0498 e. The van der Waals surface area contributed by atoms with E-state index in [1.165, 1.54) is 29.3 Å². The van der Waals surface area contributed by atoms with Crippen molar-refractivity contribution >= 4 is 22.5 Å². The van der Waals surface area contributed by atoms with E-state index in [4.69, 9.17) is 17.3 Å². The fraction of sp³-hybridized carbons (Fsp3) is 0.500. The Bertz CT molecular complexity index is 509. The molecule has 0 fully saturated rings. The van der Waals surface area contributed by atoms with Gasteiger partial charge in [0, 0.05) is 28.7 Å². The fourth-order valence-electron chi connectivity index (χ4n) is 2.50. The van der Waals surface area contributed by atoms with Gasteiger partial charge in [-0.1, -0.05) is 24.9 Å². The van der Waals surface area contributed by atoms with Crippen LogP contribution in [-0.2, 0) is 13.0 Å². The van der Waals surface area contributed by atoms with Crippen LogP contribution in [0.4, 0.5) is 0 Å². The first-order chi connectivity index (χ1) is 9.17. The van der Waals surface area contributed by atoms with Gasteiger partial charge in [-0.15, -0.1) is 0 Å². The number of hydrogen-bond donors (Lipinski definition) is 1. The lowest BCUT2D eigenvalue weighted by molar-refractivity contribution is 0.647. The van der Waals surface area contributed by atoms with Crippen LogP contribution >= 0.6 is 11.6 Å². The van der Waals surface area contributed by atoms with E-state index in [0.29, 0.717) is 0 Å². The molecule has 0 atom stereocenters. The molecular formula is C16H23ClN2. The normalized spacial score (nSPS) is 11.4. The third-order valence-corrected chi connectivity index (χ3v) is 4.05. The van der Waals surface area contributed by atoms with Crippen LogP contribution in [-0.4, -0.2) is 11.1 Å². The average Bonchev–Trinajstić information content (AvgIpc) is 2.72. The second-order valence-electron chi connectivity index (χ2n) is 5.21. The zero-order valence-corrected chi connectivity index (χ0v) is 12.6. The number of hydrogen-bond acceptors (Lipinski definition) is 1. The van der Waals surface area contributed by atoms with Crippen molar-refractivity contribution in [1.82, 2.24) is 4.57 Å². The summed E-state index contributed by atoms with van der Waals surface area (Å²) in [6.07, 6.45) is 6.77. The Kier molecular flexibility index (Phi) is 4.89. The van der Waals surface area contributed by atoms with E-state index < -0.39 is 0 Å². The monoisotopic (exact) mass is 278 g/mol. The van der Waals surface area contributed by atoms with Crippen molar-refractivity contribution in [3.8, 4) is 0 Å². The van der Waals surface area contributed by atoms with Gasteiger partial charge in [-0.05, 0) is 56.0 Å². The Labute approximate surface area is 120 Å². The molecule has 104 valence electrons. The van der Waals surface area contributed by atoms with Gasteiger partial charge in [0.25, 0.3) is 0 Å². The average molecular weight is 279 g/mol. The van der Waals surface area contributed by atoms with Crippen LogP contribution in [0.3, 0.4) is 0 Å². The molecule has 0 saturated carbocycles. The van der Waals surface area contributed by atoms with Crippen molar-refractivity contribution in [2.24, 2.45) is 5.73 Å². The van der Waals surface area contributed by atoms with E-state index >= 15 is 0 Å². The number of fused-ring (bicyclic) bond motifs is 1. The van der Waals surface area contributed by atoms with Gasteiger partial charge in [0.05, 0.1) is 0 Å². The molecule has 0 amide bonds. The molecule has 0 aliphatic heterocycles. The Morgan fingerprint density at radius 2 is 2.05 bits per heavy atom. The summed E-state index contributed by atoms with van der Waals surface area (Å²) in [5, 5.41) is 2.19. The van der Waals surface area contributed by atoms with E-state index in [9.17, 15) is 0 Å². The minimum Gasteiger partial charge on any atom is -0.347 e. The van der Waals surface area contributed by atoms with Gasteiger partial charge in [-0.25, -0.2) is 0 Å². The number of halogens is 1. The van der Waals surface area contributed by atoms with Crippen LogP contribution in [0.25, 0.3) is 10.9 Å². The van der Waals surface area contributed by atoms with Crippen molar-refractivity contribution < 1.29 is 0 Å². The summed E-state index contributed by atoms with van der Waals surface area (Å²) in [7, 11) is 0. The molecule has 1 aromatic heterocycles. The summed E-state index contributed by atoms with van der Waals surface area (Å²) in [6.45, 7) is 6.10. The van der Waals surface area contributed by atoms with Gasteiger partial charge >= 0.3 is 0 Å². The summed E-state index contributed by atoms with van der Waals surface area (Å²) in [5.74, 6) is 0. The zero-order valence-electron chi connectivity index (χ0n) is 11.9. The molecule has 0 aliphatic rings. The van der Waals surface area contributed by atoms with Crippen molar-refractivity contribution in [2.45, 2.75) is 46.1 Å². The topological polar surface area (TPSA) is 30.9 Å². The molecule has 2 N–H and O–H groups in total. The second kappa shape index (κ2) is 6.44. The maximum atomic E-state index is 6.27. The van der Waals surface area contributed by atoms with Crippen LogP contribution < -0.4 is 5.73 Å². The van der Waals surface area contributed by atoms with E-state index in [1.54, 1.807) is 0 Å². The molecule has 1 heterocycles. The molecule has 2 nitrogen and oxygen atoms in total. The molecule has 0 aliphatic carbocycles. The number of aryl methyl sites for hydroxylation is 3. The largest absolute Gasteiger partial charge is 0.347 e. The number of nitrogens with two attached hydrogens (primary N) is 1. The van der Waals surface area contributed by atoms with Crippen LogP contribution in [0.2, 0.25) is 5.02 Å². The molecule has 1 aromatic carbocycles. The summed E-state index contributed by atoms with van der Waals surface area (Å²) in [6, 6.07) is 4.32. The molecule has 0 radical (unpaired) electrons. The summed E-state index contributed by atoms with van der Waals surface area (Å²) < 4.78 is 2.34. The standard InChI is InChI=1S/C16H23ClN2/c1-3-4-8-19-11-13(6-5-7-18)14-9-12(2)15(17)10-16(14)19/h9-11H,3-8,18H2,1-2H3. The maximum absolute atomic E-state index is 6.27. The SMILES string of the molecule is CCCCn1cc(CCCN)c2cc(C)c(Cl)cc21. The summed E-state index contributed by atoms with van der Waals surface area (Å²) in [5.41, 5.74) is 9.44. The molecule has 0 spiro atoms. The van der Waals surface area contributed by atoms with Gasteiger partial charge in [-0.2, -0.15) is 0 Å². The predicted octanol–water partition coefficient (Wildman–Crippen LogP) is 4.29. The number of aromatic nitrogens is 1. The quantitative estimate of drug-likeness (QED) is 0.839. The first-order valence-corrected chi connectivity index (χ1v) is 7.53. The summed E-state index contributed by atoms with van der Waals surface area (Å²) in [4.78, 5) is 0. The van der Waals surface area contributed by atoms with Crippen LogP contribution in [0, 0.1) is 6.92 Å². The van der Waals surface area contributed by atoms with Gasteiger partial charge in [0.15, 0.2) is 0 Å². The number of rotatable bonds is 6. The molecule has 2 aromatic rings. The summed E-state index contributed by atoms with van der Waals surface area (Å²) >= 11 is 6.27. The Hall–Kier alpha value is -0.990. The Balaban J connectivity index is 2.46. The lowest BCUT2D eigenvalue weighted by Gasteiger charge is -2.05. The first-order valence-electron chi connectivity index (χ1n) is 7.15. The maximum Gasteiger partial charge on any atom is 0.0498 e. The molecular weight excluding hydrogens is 256 g/mol. The lowest BCUT2D eigenvalue weighted by Crippen LogP contribution is -2.00. The Morgan fingerprint density at radius 3 is 2.74 bits per heavy atom. The van der Waals surface area contributed by atoms with E-state index in [1.807, 2.05) is 0 Å². The van der Waals surface area contributed by atoms with Crippen LogP contribution in [0.15, 0.2) is 18.3 Å². The first kappa shape index (κ1) is 14.4. The van der Waals surface area contributed by atoms with Crippen LogP contribution in [0.5, 0.6) is 0 Å². The molecule has 0 saturated heterocycles. The van der Waals surface area contributed by atoms with E-state index in [2.05, 4.69) is 36.7 Å². The van der Waals surface area contributed by atoms with Crippen molar-refractivity contribution in [2.75, 3.05) is 6.54 Å². The highest BCUT2D eigenvalue weighted by molar-refractivity contribution is 6.32. The minimum absolute atomic E-state index is 0.744. The highest BCUT2D eigenvalue weighted by Gasteiger charge is 2.10. The molecule has 2 rings (SSSR count). The van der Waals surface area contributed by atoms with Gasteiger partial charge in [0.2, 0.25) is 0 Å². The van der Waals surface area contributed by atoms with Crippen molar-refractivity contribution in [3.63, 3.8) is 0 Å². The van der Waals surface area contributed by atoms with E-state index in [0.717, 1.165) is 36.5 Å². The minimum atomic E-state index is 0.744. The number of nitrogens with zero attached hydrogens (tertiary/aromatic N) is 1. The van der Waals surface area contributed by atoms with Crippen molar-refractivity contribution in [1.29, 1.82) is 0 Å². The molecule has 0 bridgehead atoms. The van der Waals surface area contributed by atoms with Gasteiger partial charge < -0.3 is 10.3 Å². The fourth-order valence-corrected chi connectivity index (χ4v) is 2.66. The highest BCUT2D eigenvalue weighted by atomic mass is 35.5. The Morgan fingerprint density at radius 1 is 1.26 bits per heavy atom. The third-order valence-electron chi connectivity index (χ3n) is 3.65. The molecule has 0 unspecified atom stereocenters. The van der Waals surface area contributed by atoms with Gasteiger partial charge in [0.1, 0.15) is 0 Å². The van der Waals surface area contributed by atoms with Crippen LogP contribution in [0.1, 0.15) is 37.3 Å². The highest BCUT2D eigenvalue weighted by Crippen LogP contribution is 2.28. The van der Waals surface area contributed by atoms with E-state index in [-0.39, 0.29) is 0 Å². The zero-order chi connectivity index (χ0) is 13.8. The number of benzene rings is 1. The molecule has 3 heteroatoms. The molecule has 19 heavy (non-hydrogen) atoms. The van der Waals surface area contributed by atoms with Gasteiger partial charge in [-0.3, -0.25) is 0 Å². The third kappa shape index (κ3) is 3.13. The lowest BCUT2D eigenvalue weighted by atomic mass is 10.1. The predicted molar refractivity (Wildman–Crippen MR) is 84.0 cm³/mol. The second-order valence-corrected chi connectivity index (χ2v) is 5.62.